The average Bonchev–Trinajstić information content (AvgIpc) is 2.70. The van der Waals surface area contributed by atoms with Crippen LogP contribution >= 0.6 is 0 Å². The normalized spacial score (nSPS) is 24.9. The van der Waals surface area contributed by atoms with E-state index in [1.54, 1.807) is 0 Å². The molecule has 3 atom stereocenters. The number of carbonyl (C=O) groups is 1. The van der Waals surface area contributed by atoms with Crippen molar-refractivity contribution in [1.82, 2.24) is 5.32 Å². The van der Waals surface area contributed by atoms with Gasteiger partial charge in [0.2, 0.25) is 5.82 Å². The predicted molar refractivity (Wildman–Crippen MR) is 71.8 cm³/mol. The standard InChI is InChI=1S/C14H16F2N2O3/c1-7-3-5-10(8(7)2)17-14(19)12-9(15)4-6-11(13(12)16)18(20)21/h4,6-8,10H,3,5H2,1-2H3,(H,17,19). The molecule has 0 heterocycles. The second-order valence-electron chi connectivity index (χ2n) is 5.51. The number of amides is 1. The molecule has 1 amide bonds. The number of nitrogens with zero attached hydrogens (tertiary/aromatic N) is 1. The van der Waals surface area contributed by atoms with Crippen molar-refractivity contribution < 1.29 is 18.5 Å². The first kappa shape index (κ1) is 15.3. The Morgan fingerprint density at radius 3 is 2.52 bits per heavy atom. The SMILES string of the molecule is CC1CCC(NC(=O)c2c(F)ccc([N+](=O)[O-])c2F)C1C. The van der Waals surface area contributed by atoms with Crippen molar-refractivity contribution in [2.75, 3.05) is 0 Å². The van der Waals surface area contributed by atoms with Crippen molar-refractivity contribution in [3.8, 4) is 0 Å². The molecule has 0 bridgehead atoms. The van der Waals surface area contributed by atoms with Gasteiger partial charge in [-0.1, -0.05) is 13.8 Å². The molecule has 0 aliphatic heterocycles. The first-order chi connectivity index (χ1) is 9.82. The quantitative estimate of drug-likeness (QED) is 0.688. The lowest BCUT2D eigenvalue weighted by Gasteiger charge is -2.19. The smallest absolute Gasteiger partial charge is 0.305 e. The van der Waals surface area contributed by atoms with E-state index in [1.807, 2.05) is 13.8 Å². The molecule has 0 saturated heterocycles. The molecule has 2 rings (SSSR count). The van der Waals surface area contributed by atoms with Crippen LogP contribution in [-0.4, -0.2) is 16.9 Å². The maximum Gasteiger partial charge on any atom is 0.305 e. The Morgan fingerprint density at radius 2 is 2.00 bits per heavy atom. The summed E-state index contributed by atoms with van der Waals surface area (Å²) in [5.41, 5.74) is -1.80. The van der Waals surface area contributed by atoms with Gasteiger partial charge in [0.05, 0.1) is 4.92 Å². The van der Waals surface area contributed by atoms with Gasteiger partial charge in [-0.25, -0.2) is 4.39 Å². The molecule has 7 heteroatoms. The lowest BCUT2D eigenvalue weighted by molar-refractivity contribution is -0.387. The molecule has 1 aromatic rings. The van der Waals surface area contributed by atoms with Crippen LogP contribution in [0, 0.1) is 33.6 Å². The van der Waals surface area contributed by atoms with Crippen molar-refractivity contribution in [3.63, 3.8) is 0 Å². The molecule has 0 aromatic heterocycles. The summed E-state index contributed by atoms with van der Waals surface area (Å²) in [5.74, 6) is -2.88. The third kappa shape index (κ3) is 2.86. The number of carbonyl (C=O) groups excluding carboxylic acids is 1. The van der Waals surface area contributed by atoms with Gasteiger partial charge in [0.15, 0.2) is 0 Å². The molecule has 3 unspecified atom stereocenters. The van der Waals surface area contributed by atoms with Crippen molar-refractivity contribution >= 4 is 11.6 Å². The Bertz CT molecular complexity index is 592. The molecule has 1 aliphatic carbocycles. The number of nitrogens with one attached hydrogen (secondary N) is 1. The van der Waals surface area contributed by atoms with Crippen molar-refractivity contribution in [3.05, 3.63) is 39.4 Å². The largest absolute Gasteiger partial charge is 0.349 e. The molecular weight excluding hydrogens is 282 g/mol. The number of nitro groups is 1. The van der Waals surface area contributed by atoms with Gasteiger partial charge < -0.3 is 5.32 Å². The van der Waals surface area contributed by atoms with E-state index in [1.165, 1.54) is 0 Å². The zero-order valence-corrected chi connectivity index (χ0v) is 11.7. The zero-order chi connectivity index (χ0) is 15.7. The summed E-state index contributed by atoms with van der Waals surface area (Å²) in [6, 6.07) is 1.27. The number of hydrogen-bond donors (Lipinski definition) is 1. The summed E-state index contributed by atoms with van der Waals surface area (Å²) in [6.45, 7) is 4.01. The fourth-order valence-electron chi connectivity index (χ4n) is 2.70. The number of hydrogen-bond acceptors (Lipinski definition) is 3. The Morgan fingerprint density at radius 1 is 1.33 bits per heavy atom. The van der Waals surface area contributed by atoms with Crippen LogP contribution in [0.2, 0.25) is 0 Å². The van der Waals surface area contributed by atoms with Crippen LogP contribution in [0.4, 0.5) is 14.5 Å². The Kier molecular flexibility index (Phi) is 4.20. The van der Waals surface area contributed by atoms with E-state index in [0.717, 1.165) is 18.9 Å². The van der Waals surface area contributed by atoms with Crippen molar-refractivity contribution in [2.45, 2.75) is 32.7 Å². The molecule has 0 spiro atoms. The Balaban J connectivity index is 2.27. The number of halogens is 2. The van der Waals surface area contributed by atoms with Crippen molar-refractivity contribution in [1.29, 1.82) is 0 Å². The lowest BCUT2D eigenvalue weighted by Crippen LogP contribution is -2.38. The van der Waals surface area contributed by atoms with E-state index in [9.17, 15) is 23.7 Å². The Labute approximate surface area is 120 Å². The fraction of sp³-hybridized carbons (Fsp3) is 0.500. The van der Waals surface area contributed by atoms with Gasteiger partial charge in [0.1, 0.15) is 11.4 Å². The maximum absolute atomic E-state index is 13.9. The predicted octanol–water partition coefficient (Wildman–Crippen LogP) is 3.04. The summed E-state index contributed by atoms with van der Waals surface area (Å²) >= 11 is 0. The van der Waals surface area contributed by atoms with E-state index >= 15 is 0 Å². The second kappa shape index (κ2) is 5.75. The first-order valence-electron chi connectivity index (χ1n) is 6.76. The minimum atomic E-state index is -1.43. The third-order valence-electron chi connectivity index (χ3n) is 4.28. The van der Waals surface area contributed by atoms with Gasteiger partial charge >= 0.3 is 5.69 Å². The summed E-state index contributed by atoms with van der Waals surface area (Å²) in [4.78, 5) is 21.7. The van der Waals surface area contributed by atoms with E-state index in [0.29, 0.717) is 12.0 Å². The average molecular weight is 298 g/mol. The lowest BCUT2D eigenvalue weighted by atomic mass is 9.97. The number of benzene rings is 1. The second-order valence-corrected chi connectivity index (χ2v) is 5.51. The van der Waals surface area contributed by atoms with Crippen LogP contribution in [0.25, 0.3) is 0 Å². The minimum absolute atomic E-state index is 0.175. The first-order valence-corrected chi connectivity index (χ1v) is 6.76. The van der Waals surface area contributed by atoms with Crippen molar-refractivity contribution in [2.24, 2.45) is 11.8 Å². The van der Waals surface area contributed by atoms with Crippen LogP contribution in [-0.2, 0) is 0 Å². The van der Waals surface area contributed by atoms with Crippen LogP contribution in [0.1, 0.15) is 37.0 Å². The molecular formula is C14H16F2N2O3. The van der Waals surface area contributed by atoms with Gasteiger partial charge in [-0.15, -0.1) is 0 Å². The highest BCUT2D eigenvalue weighted by molar-refractivity contribution is 5.95. The molecule has 0 radical (unpaired) electrons. The summed E-state index contributed by atoms with van der Waals surface area (Å²) in [6.07, 6.45) is 1.65. The van der Waals surface area contributed by atoms with Crippen LogP contribution in [0.15, 0.2) is 12.1 Å². The third-order valence-corrected chi connectivity index (χ3v) is 4.28. The molecule has 1 N–H and O–H groups in total. The zero-order valence-electron chi connectivity index (χ0n) is 11.7. The molecule has 1 saturated carbocycles. The van der Waals surface area contributed by atoms with Gasteiger partial charge in [-0.05, 0) is 30.7 Å². The highest BCUT2D eigenvalue weighted by Crippen LogP contribution is 2.31. The summed E-state index contributed by atoms with van der Waals surface area (Å²) < 4.78 is 27.6. The highest BCUT2D eigenvalue weighted by Gasteiger charge is 2.33. The van der Waals surface area contributed by atoms with E-state index in [-0.39, 0.29) is 12.0 Å². The molecule has 1 aromatic carbocycles. The topological polar surface area (TPSA) is 72.2 Å². The monoisotopic (exact) mass is 298 g/mol. The molecule has 5 nitrogen and oxygen atoms in total. The molecule has 114 valence electrons. The van der Waals surface area contributed by atoms with Gasteiger partial charge in [0, 0.05) is 12.1 Å². The van der Waals surface area contributed by atoms with Crippen LogP contribution in [0.5, 0.6) is 0 Å². The summed E-state index contributed by atoms with van der Waals surface area (Å²) in [5, 5.41) is 13.2. The number of nitro benzene ring substituents is 1. The van der Waals surface area contributed by atoms with Crippen LogP contribution < -0.4 is 5.32 Å². The van der Waals surface area contributed by atoms with Gasteiger partial charge in [-0.2, -0.15) is 4.39 Å². The summed E-state index contributed by atoms with van der Waals surface area (Å²) in [7, 11) is 0. The molecule has 1 fully saturated rings. The fourth-order valence-corrected chi connectivity index (χ4v) is 2.70. The van der Waals surface area contributed by atoms with E-state index in [2.05, 4.69) is 5.32 Å². The molecule has 21 heavy (non-hydrogen) atoms. The van der Waals surface area contributed by atoms with Crippen LogP contribution in [0.3, 0.4) is 0 Å². The number of rotatable bonds is 3. The van der Waals surface area contributed by atoms with Gasteiger partial charge in [0.25, 0.3) is 5.91 Å². The maximum atomic E-state index is 13.9. The molecule has 1 aliphatic rings. The van der Waals surface area contributed by atoms with E-state index in [4.69, 9.17) is 0 Å². The van der Waals surface area contributed by atoms with Gasteiger partial charge in [-0.3, -0.25) is 14.9 Å². The minimum Gasteiger partial charge on any atom is -0.349 e. The highest BCUT2D eigenvalue weighted by atomic mass is 19.1. The Hall–Kier alpha value is -2.05. The van der Waals surface area contributed by atoms with E-state index < -0.39 is 33.7 Å².